The van der Waals surface area contributed by atoms with Crippen molar-refractivity contribution in [3.8, 4) is 22.6 Å². The van der Waals surface area contributed by atoms with Crippen molar-refractivity contribution in [1.29, 1.82) is 0 Å². The van der Waals surface area contributed by atoms with E-state index in [-0.39, 0.29) is 5.41 Å². The van der Waals surface area contributed by atoms with Crippen LogP contribution in [0, 0.1) is 0 Å². The zero-order valence-electron chi connectivity index (χ0n) is 28.0. The van der Waals surface area contributed by atoms with Crippen LogP contribution in [0.3, 0.4) is 0 Å². The Morgan fingerprint density at radius 1 is 0.520 bits per heavy atom. The third-order valence-corrected chi connectivity index (χ3v) is 10.6. The second kappa shape index (κ2) is 10.8. The Labute approximate surface area is 292 Å². The van der Waals surface area contributed by atoms with E-state index in [1.165, 1.54) is 38.4 Å². The molecular weight excluding hydrogens is 609 g/mol. The first-order valence-corrected chi connectivity index (χ1v) is 17.3. The minimum Gasteiger partial charge on any atom is -0.452 e. The van der Waals surface area contributed by atoms with Crippen molar-refractivity contribution >= 4 is 55.7 Å². The van der Waals surface area contributed by atoms with Gasteiger partial charge < -0.3 is 14.5 Å². The lowest BCUT2D eigenvalue weighted by atomic mass is 9.72. The van der Waals surface area contributed by atoms with Crippen LogP contribution >= 0.6 is 0 Å². The van der Waals surface area contributed by atoms with Gasteiger partial charge in [-0.15, -0.1) is 0 Å². The number of fused-ring (bicyclic) bond motifs is 6. The van der Waals surface area contributed by atoms with Crippen molar-refractivity contribution in [2.24, 2.45) is 0 Å². The average Bonchev–Trinajstić information content (AvgIpc) is 3.17. The first-order chi connectivity index (χ1) is 24.6. The van der Waals surface area contributed by atoms with E-state index in [4.69, 9.17) is 4.74 Å². The molecule has 8 aromatic carbocycles. The van der Waals surface area contributed by atoms with Crippen molar-refractivity contribution < 1.29 is 4.74 Å². The number of anilines is 6. The summed E-state index contributed by atoms with van der Waals surface area (Å²) < 4.78 is 6.87. The molecule has 0 amide bonds. The van der Waals surface area contributed by atoms with E-state index < -0.39 is 0 Å². The summed E-state index contributed by atoms with van der Waals surface area (Å²) in [6.45, 7) is 4.64. The lowest BCUT2D eigenvalue weighted by Gasteiger charge is -2.45. The molecule has 0 N–H and O–H groups in total. The molecule has 0 aromatic heterocycles. The average molecular weight is 643 g/mol. The van der Waals surface area contributed by atoms with E-state index >= 15 is 0 Å². The topological polar surface area (TPSA) is 15.7 Å². The number of hydrogen-bond acceptors (Lipinski definition) is 3. The molecule has 2 aliphatic heterocycles. The first-order valence-electron chi connectivity index (χ1n) is 17.3. The molecule has 2 heterocycles. The van der Waals surface area contributed by atoms with Gasteiger partial charge in [0.1, 0.15) is 0 Å². The Balaban J connectivity index is 1.14. The van der Waals surface area contributed by atoms with Gasteiger partial charge >= 0.3 is 0 Å². The number of nitrogens with zero attached hydrogens (tertiary/aromatic N) is 2. The highest BCUT2D eigenvalue weighted by molar-refractivity contribution is 6.01. The maximum atomic E-state index is 6.87. The number of para-hydroxylation sites is 3. The third kappa shape index (κ3) is 4.23. The molecule has 238 valence electrons. The van der Waals surface area contributed by atoms with Crippen LogP contribution in [0.25, 0.3) is 32.7 Å². The first kappa shape index (κ1) is 28.7. The van der Waals surface area contributed by atoms with Gasteiger partial charge in [-0.05, 0) is 81.4 Å². The van der Waals surface area contributed by atoms with Crippen molar-refractivity contribution in [2.75, 3.05) is 9.80 Å². The maximum absolute atomic E-state index is 6.87. The Morgan fingerprint density at radius 2 is 1.20 bits per heavy atom. The summed E-state index contributed by atoms with van der Waals surface area (Å²) in [4.78, 5) is 4.79. The summed E-state index contributed by atoms with van der Waals surface area (Å²) in [5.41, 5.74) is 11.3. The minimum absolute atomic E-state index is 0.186. The molecule has 0 saturated heterocycles. The van der Waals surface area contributed by atoms with Crippen molar-refractivity contribution in [3.63, 3.8) is 0 Å². The zero-order valence-corrected chi connectivity index (χ0v) is 28.0. The normalized spacial score (nSPS) is 13.7. The van der Waals surface area contributed by atoms with Crippen LogP contribution in [0.2, 0.25) is 0 Å². The van der Waals surface area contributed by atoms with Crippen molar-refractivity contribution in [1.82, 2.24) is 0 Å². The van der Waals surface area contributed by atoms with Gasteiger partial charge in [0.05, 0.1) is 22.7 Å². The van der Waals surface area contributed by atoms with Crippen LogP contribution in [0.4, 0.5) is 34.1 Å². The fourth-order valence-corrected chi connectivity index (χ4v) is 8.12. The fraction of sp³-hybridized carbons (Fsp3) is 0.0638. The molecule has 8 aromatic rings. The lowest BCUT2D eigenvalue weighted by Crippen LogP contribution is -2.32. The van der Waals surface area contributed by atoms with Gasteiger partial charge in [-0.25, -0.2) is 0 Å². The van der Waals surface area contributed by atoms with Crippen LogP contribution in [0.5, 0.6) is 11.5 Å². The molecule has 0 radical (unpaired) electrons. The number of benzene rings is 8. The van der Waals surface area contributed by atoms with Gasteiger partial charge in [0, 0.05) is 27.7 Å². The van der Waals surface area contributed by atoms with Gasteiger partial charge in [-0.3, -0.25) is 0 Å². The van der Waals surface area contributed by atoms with E-state index in [1.807, 2.05) is 0 Å². The number of rotatable bonds is 4. The van der Waals surface area contributed by atoms with Gasteiger partial charge in [0.2, 0.25) is 0 Å². The molecule has 0 fully saturated rings. The van der Waals surface area contributed by atoms with E-state index in [9.17, 15) is 0 Å². The summed E-state index contributed by atoms with van der Waals surface area (Å²) in [6, 6.07) is 61.2. The molecule has 0 saturated carbocycles. The van der Waals surface area contributed by atoms with Gasteiger partial charge in [-0.1, -0.05) is 135 Å². The SMILES string of the molecule is CC1(C)c2ccccc2N2c3ccccc3Oc3c(-c4ccc(N(c5ccc6ccccc6c5)c5cccc6ccccc56)cc4)ccc1c32. The highest BCUT2D eigenvalue weighted by Crippen LogP contribution is 2.61. The molecule has 0 bridgehead atoms. The lowest BCUT2D eigenvalue weighted by molar-refractivity contribution is 0.473. The van der Waals surface area contributed by atoms with E-state index in [1.54, 1.807) is 0 Å². The Bertz CT molecular complexity index is 2610. The van der Waals surface area contributed by atoms with Gasteiger partial charge in [0.15, 0.2) is 11.5 Å². The predicted molar refractivity (Wildman–Crippen MR) is 208 cm³/mol. The highest BCUT2D eigenvalue weighted by Gasteiger charge is 2.42. The molecule has 0 unspecified atom stereocenters. The summed E-state index contributed by atoms with van der Waals surface area (Å²) in [6.07, 6.45) is 0. The molecule has 10 rings (SSSR count). The standard InChI is InChI=1S/C47H34N2O/c1-47(2)39-17-7-8-18-42(39)49-43-19-9-10-21-44(43)50-46-38(28-29-40(47)45(46)49)33-23-25-35(26-24-33)48(36-27-22-31-12-3-4-14-34(31)30-36)41-20-11-15-32-13-5-6-16-37(32)41/h3-30H,1-2H3. The van der Waals surface area contributed by atoms with Crippen molar-refractivity contribution in [3.05, 3.63) is 181 Å². The largest absolute Gasteiger partial charge is 0.452 e. The Morgan fingerprint density at radius 3 is 2.06 bits per heavy atom. The quantitative estimate of drug-likeness (QED) is 0.190. The molecule has 50 heavy (non-hydrogen) atoms. The van der Waals surface area contributed by atoms with Crippen LogP contribution in [-0.2, 0) is 5.41 Å². The third-order valence-electron chi connectivity index (χ3n) is 10.6. The van der Waals surface area contributed by atoms with E-state index in [0.29, 0.717) is 0 Å². The second-order valence-electron chi connectivity index (χ2n) is 13.8. The molecule has 3 heteroatoms. The minimum atomic E-state index is -0.186. The van der Waals surface area contributed by atoms with Gasteiger partial charge in [-0.2, -0.15) is 0 Å². The summed E-state index contributed by atoms with van der Waals surface area (Å²) in [7, 11) is 0. The zero-order chi connectivity index (χ0) is 33.4. The Kier molecular flexibility index (Phi) is 6.22. The van der Waals surface area contributed by atoms with E-state index in [2.05, 4.69) is 194 Å². The molecule has 3 nitrogen and oxygen atoms in total. The summed E-state index contributed by atoms with van der Waals surface area (Å²) >= 11 is 0. The maximum Gasteiger partial charge on any atom is 0.159 e. The van der Waals surface area contributed by atoms with E-state index in [0.717, 1.165) is 51.1 Å². The molecular formula is C47H34N2O. The summed E-state index contributed by atoms with van der Waals surface area (Å²) in [5, 5.41) is 4.87. The predicted octanol–water partition coefficient (Wildman–Crippen LogP) is 13.3. The smallest absolute Gasteiger partial charge is 0.159 e. The second-order valence-corrected chi connectivity index (χ2v) is 13.8. The number of hydrogen-bond donors (Lipinski definition) is 0. The summed E-state index contributed by atoms with van der Waals surface area (Å²) in [5.74, 6) is 1.76. The Hall–Kier alpha value is -6.32. The molecule has 0 aliphatic carbocycles. The fourth-order valence-electron chi connectivity index (χ4n) is 8.12. The monoisotopic (exact) mass is 642 g/mol. The van der Waals surface area contributed by atoms with Crippen LogP contribution < -0.4 is 14.5 Å². The molecule has 0 atom stereocenters. The number of ether oxygens (including phenoxy) is 1. The highest BCUT2D eigenvalue weighted by atomic mass is 16.5. The van der Waals surface area contributed by atoms with Crippen LogP contribution in [0.15, 0.2) is 170 Å². The molecule has 2 aliphatic rings. The van der Waals surface area contributed by atoms with Gasteiger partial charge in [0.25, 0.3) is 0 Å². The van der Waals surface area contributed by atoms with Crippen LogP contribution in [-0.4, -0.2) is 0 Å². The van der Waals surface area contributed by atoms with Crippen LogP contribution in [0.1, 0.15) is 25.0 Å². The molecule has 0 spiro atoms. The van der Waals surface area contributed by atoms with Crippen molar-refractivity contribution in [2.45, 2.75) is 19.3 Å².